The predicted octanol–water partition coefficient (Wildman–Crippen LogP) is 9.36. The van der Waals surface area contributed by atoms with Crippen molar-refractivity contribution in [2.45, 2.75) is 149 Å². The first-order chi connectivity index (χ1) is 13.9. The van der Waals surface area contributed by atoms with Gasteiger partial charge in [-0.25, -0.2) is 0 Å². The molecule has 1 heteroatoms. The molecule has 0 aliphatic rings. The van der Waals surface area contributed by atoms with Crippen LogP contribution in [-0.2, 0) is 0 Å². The van der Waals surface area contributed by atoms with Crippen LogP contribution in [0.3, 0.4) is 0 Å². The average molecular weight is 394 g/mol. The van der Waals surface area contributed by atoms with Crippen LogP contribution in [0.15, 0.2) is 12.2 Å². The molecule has 0 aliphatic heterocycles. The molecule has 0 rings (SSSR count). The zero-order chi connectivity index (χ0) is 20.4. The summed E-state index contributed by atoms with van der Waals surface area (Å²) in [4.78, 5) is 0. The molecular weight excluding hydrogens is 338 g/mol. The standard InChI is InChI=1S/C27H55N/c1-3-5-7-9-11-12-13-14-15-16-17-18-19-21-23-25-27-28-26-24-22-20-10-8-6-4-2/h14-15,28H,3-13,16-27H2,1-2H3/b15-14-. The van der Waals surface area contributed by atoms with Gasteiger partial charge in [0.05, 0.1) is 0 Å². The Morgan fingerprint density at radius 1 is 0.393 bits per heavy atom. The molecule has 0 aromatic carbocycles. The molecule has 0 atom stereocenters. The molecule has 0 spiro atoms. The van der Waals surface area contributed by atoms with Gasteiger partial charge in [0.15, 0.2) is 0 Å². The lowest BCUT2D eigenvalue weighted by atomic mass is 10.1. The van der Waals surface area contributed by atoms with Gasteiger partial charge in [0.2, 0.25) is 0 Å². The normalized spacial score (nSPS) is 11.6. The number of hydrogen-bond donors (Lipinski definition) is 1. The van der Waals surface area contributed by atoms with Gasteiger partial charge in [-0.1, -0.05) is 122 Å². The summed E-state index contributed by atoms with van der Waals surface area (Å²) in [7, 11) is 0. The zero-order valence-electron chi connectivity index (χ0n) is 19.9. The molecular formula is C27H55N. The van der Waals surface area contributed by atoms with Crippen LogP contribution in [-0.4, -0.2) is 13.1 Å². The minimum atomic E-state index is 1.23. The van der Waals surface area contributed by atoms with Gasteiger partial charge in [-0.3, -0.25) is 0 Å². The number of nitrogens with one attached hydrogen (secondary N) is 1. The van der Waals surface area contributed by atoms with Gasteiger partial charge in [0.1, 0.15) is 0 Å². The quantitative estimate of drug-likeness (QED) is 0.127. The Kier molecular flexibility index (Phi) is 26.4. The van der Waals surface area contributed by atoms with E-state index in [9.17, 15) is 0 Å². The van der Waals surface area contributed by atoms with Crippen molar-refractivity contribution in [3.63, 3.8) is 0 Å². The number of hydrogen-bond acceptors (Lipinski definition) is 1. The van der Waals surface area contributed by atoms with Crippen LogP contribution in [0.1, 0.15) is 149 Å². The van der Waals surface area contributed by atoms with Crippen molar-refractivity contribution in [2.24, 2.45) is 0 Å². The molecule has 0 saturated carbocycles. The highest BCUT2D eigenvalue weighted by Gasteiger charge is 1.93. The first-order valence-electron chi connectivity index (χ1n) is 13.3. The summed E-state index contributed by atoms with van der Waals surface area (Å²) in [5.74, 6) is 0. The van der Waals surface area contributed by atoms with Gasteiger partial charge in [-0.15, -0.1) is 0 Å². The molecule has 0 bridgehead atoms. The molecule has 1 nitrogen and oxygen atoms in total. The molecule has 0 saturated heterocycles. The summed E-state index contributed by atoms with van der Waals surface area (Å²) in [6.45, 7) is 7.05. The maximum Gasteiger partial charge on any atom is -0.00489 e. The highest BCUT2D eigenvalue weighted by atomic mass is 14.8. The topological polar surface area (TPSA) is 12.0 Å². The Bertz CT molecular complexity index is 284. The third-order valence-electron chi connectivity index (χ3n) is 5.82. The molecule has 0 fully saturated rings. The summed E-state index contributed by atoms with van der Waals surface area (Å²) in [6.07, 6.45) is 34.3. The fourth-order valence-electron chi connectivity index (χ4n) is 3.83. The second-order valence-corrected chi connectivity index (χ2v) is 8.81. The van der Waals surface area contributed by atoms with Crippen molar-refractivity contribution in [1.82, 2.24) is 5.32 Å². The molecule has 1 N–H and O–H groups in total. The maximum atomic E-state index is 3.63. The smallest absolute Gasteiger partial charge is 0.00489 e. The first kappa shape index (κ1) is 27.7. The van der Waals surface area contributed by atoms with Crippen LogP contribution in [0.25, 0.3) is 0 Å². The van der Waals surface area contributed by atoms with Gasteiger partial charge in [-0.2, -0.15) is 0 Å². The zero-order valence-corrected chi connectivity index (χ0v) is 19.9. The van der Waals surface area contributed by atoms with E-state index in [1.807, 2.05) is 0 Å². The van der Waals surface area contributed by atoms with E-state index in [-0.39, 0.29) is 0 Å². The fraction of sp³-hybridized carbons (Fsp3) is 0.926. The summed E-state index contributed by atoms with van der Waals surface area (Å²) in [5, 5.41) is 3.63. The van der Waals surface area contributed by atoms with Gasteiger partial charge in [-0.05, 0) is 51.6 Å². The molecule has 0 aromatic heterocycles. The molecule has 0 aromatic rings. The number of rotatable bonds is 24. The van der Waals surface area contributed by atoms with E-state index < -0.39 is 0 Å². The maximum absolute atomic E-state index is 3.63. The Morgan fingerprint density at radius 2 is 0.714 bits per heavy atom. The average Bonchev–Trinajstić information content (AvgIpc) is 2.71. The molecule has 0 heterocycles. The van der Waals surface area contributed by atoms with E-state index in [0.29, 0.717) is 0 Å². The number of allylic oxidation sites excluding steroid dienone is 2. The number of unbranched alkanes of at least 4 members (excludes halogenated alkanes) is 18. The summed E-state index contributed by atoms with van der Waals surface area (Å²) < 4.78 is 0. The van der Waals surface area contributed by atoms with Crippen molar-refractivity contribution in [3.05, 3.63) is 12.2 Å². The minimum Gasteiger partial charge on any atom is -0.317 e. The van der Waals surface area contributed by atoms with Gasteiger partial charge < -0.3 is 5.32 Å². The SMILES string of the molecule is CCCCCCCC/C=C\CCCCCCCCNCCCCCCCCC. The van der Waals surface area contributed by atoms with E-state index >= 15 is 0 Å². The minimum absolute atomic E-state index is 1.23. The second kappa shape index (κ2) is 26.7. The van der Waals surface area contributed by atoms with Crippen LogP contribution < -0.4 is 5.32 Å². The second-order valence-electron chi connectivity index (χ2n) is 8.81. The molecule has 168 valence electrons. The fourth-order valence-corrected chi connectivity index (χ4v) is 3.83. The van der Waals surface area contributed by atoms with E-state index in [0.717, 1.165) is 0 Å². The van der Waals surface area contributed by atoms with E-state index in [2.05, 4.69) is 31.3 Å². The van der Waals surface area contributed by atoms with E-state index in [1.54, 1.807) is 0 Å². The van der Waals surface area contributed by atoms with Gasteiger partial charge >= 0.3 is 0 Å². The Balaban J connectivity index is 3.03. The lowest BCUT2D eigenvalue weighted by Crippen LogP contribution is -2.16. The summed E-state index contributed by atoms with van der Waals surface area (Å²) >= 11 is 0. The lowest BCUT2D eigenvalue weighted by molar-refractivity contribution is 0.538. The van der Waals surface area contributed by atoms with Crippen molar-refractivity contribution in [1.29, 1.82) is 0 Å². The summed E-state index contributed by atoms with van der Waals surface area (Å²) in [5.41, 5.74) is 0. The third-order valence-corrected chi connectivity index (χ3v) is 5.82. The van der Waals surface area contributed by atoms with Crippen LogP contribution in [0, 0.1) is 0 Å². The van der Waals surface area contributed by atoms with E-state index in [1.165, 1.54) is 148 Å². The largest absolute Gasteiger partial charge is 0.317 e. The van der Waals surface area contributed by atoms with E-state index in [4.69, 9.17) is 0 Å². The van der Waals surface area contributed by atoms with Crippen molar-refractivity contribution in [2.75, 3.05) is 13.1 Å². The molecule has 0 radical (unpaired) electrons. The van der Waals surface area contributed by atoms with Crippen LogP contribution in [0.5, 0.6) is 0 Å². The predicted molar refractivity (Wildman–Crippen MR) is 130 cm³/mol. The first-order valence-corrected chi connectivity index (χ1v) is 13.3. The highest BCUT2D eigenvalue weighted by molar-refractivity contribution is 4.81. The molecule has 0 aliphatic carbocycles. The Labute approximate surface area is 179 Å². The molecule has 0 amide bonds. The highest BCUT2D eigenvalue weighted by Crippen LogP contribution is 2.10. The van der Waals surface area contributed by atoms with Crippen molar-refractivity contribution in [3.8, 4) is 0 Å². The van der Waals surface area contributed by atoms with Gasteiger partial charge in [0.25, 0.3) is 0 Å². The van der Waals surface area contributed by atoms with Crippen molar-refractivity contribution >= 4 is 0 Å². The molecule has 28 heavy (non-hydrogen) atoms. The third kappa shape index (κ3) is 25.7. The van der Waals surface area contributed by atoms with Crippen molar-refractivity contribution < 1.29 is 0 Å². The lowest BCUT2D eigenvalue weighted by Gasteiger charge is -2.05. The Morgan fingerprint density at radius 3 is 1.11 bits per heavy atom. The summed E-state index contributed by atoms with van der Waals surface area (Å²) in [6, 6.07) is 0. The van der Waals surface area contributed by atoms with Crippen LogP contribution >= 0.6 is 0 Å². The molecule has 0 unspecified atom stereocenters. The van der Waals surface area contributed by atoms with Gasteiger partial charge in [0, 0.05) is 0 Å². The van der Waals surface area contributed by atoms with Crippen LogP contribution in [0.4, 0.5) is 0 Å². The Hall–Kier alpha value is -0.300. The monoisotopic (exact) mass is 393 g/mol. The van der Waals surface area contributed by atoms with Crippen LogP contribution in [0.2, 0.25) is 0 Å².